The van der Waals surface area contributed by atoms with Gasteiger partial charge in [-0.05, 0) is 26.8 Å². The van der Waals surface area contributed by atoms with Crippen molar-refractivity contribution in [2.75, 3.05) is 13.4 Å². The lowest BCUT2D eigenvalue weighted by atomic mass is 10.1. The van der Waals surface area contributed by atoms with E-state index in [1.54, 1.807) is 0 Å². The van der Waals surface area contributed by atoms with Gasteiger partial charge in [0.15, 0.2) is 5.75 Å². The van der Waals surface area contributed by atoms with Crippen LogP contribution in [0, 0.1) is 6.92 Å². The minimum absolute atomic E-state index is 0.0368. The van der Waals surface area contributed by atoms with E-state index >= 15 is 0 Å². The van der Waals surface area contributed by atoms with Crippen molar-refractivity contribution in [2.45, 2.75) is 26.8 Å². The number of nitrogens with one attached hydrogen (secondary N) is 2. The zero-order valence-corrected chi connectivity index (χ0v) is 13.1. The van der Waals surface area contributed by atoms with Crippen LogP contribution in [0.4, 0.5) is 0 Å². The minimum atomic E-state index is -0.167. The van der Waals surface area contributed by atoms with E-state index in [0.717, 1.165) is 10.9 Å². The summed E-state index contributed by atoms with van der Waals surface area (Å²) in [6, 6.07) is 7.58. The van der Waals surface area contributed by atoms with Crippen molar-refractivity contribution < 1.29 is 9.53 Å². The molecule has 1 heterocycles. The molecular weight excluding hydrogens is 280 g/mol. The summed E-state index contributed by atoms with van der Waals surface area (Å²) in [6.45, 7) is 6.19. The molecule has 0 spiro atoms. The summed E-state index contributed by atoms with van der Waals surface area (Å²) in [5.74, 6) is 0.317. The molecule has 0 fully saturated rings. The molecule has 1 amide bonds. The van der Waals surface area contributed by atoms with Crippen molar-refractivity contribution in [1.29, 1.82) is 0 Å². The molecule has 1 aromatic heterocycles. The molecule has 6 nitrogen and oxygen atoms in total. The highest BCUT2D eigenvalue weighted by Gasteiger charge is 2.20. The fraction of sp³-hybridized carbons (Fsp3) is 0.375. The van der Waals surface area contributed by atoms with Crippen LogP contribution in [0.25, 0.3) is 10.9 Å². The highest BCUT2D eigenvalue weighted by Crippen LogP contribution is 2.29. The normalized spacial score (nSPS) is 11.0. The fourth-order valence-corrected chi connectivity index (χ4v) is 2.24. The van der Waals surface area contributed by atoms with Crippen LogP contribution in [0.2, 0.25) is 0 Å². The molecule has 0 bridgehead atoms. The number of nitrogens with two attached hydrogens (primary N) is 1. The number of para-hydroxylation sites is 1. The molecule has 22 heavy (non-hydrogen) atoms. The topological polar surface area (TPSA) is 89.3 Å². The van der Waals surface area contributed by atoms with Crippen molar-refractivity contribution >= 4 is 16.8 Å². The number of aryl methyl sites for hydroxylation is 1. The maximum absolute atomic E-state index is 12.6. The summed E-state index contributed by atoms with van der Waals surface area (Å²) in [7, 11) is 0. The quantitative estimate of drug-likeness (QED) is 0.556. The Kier molecular flexibility index (Phi) is 5.30. The van der Waals surface area contributed by atoms with E-state index in [1.165, 1.54) is 0 Å². The number of fused-ring (bicyclic) bond motifs is 1. The summed E-state index contributed by atoms with van der Waals surface area (Å²) in [4.78, 5) is 17.1. The van der Waals surface area contributed by atoms with Crippen LogP contribution in [-0.2, 0) is 0 Å². The van der Waals surface area contributed by atoms with Crippen molar-refractivity contribution in [1.82, 2.24) is 15.6 Å². The van der Waals surface area contributed by atoms with Crippen molar-refractivity contribution in [2.24, 2.45) is 5.73 Å². The summed E-state index contributed by atoms with van der Waals surface area (Å²) < 4.78 is 5.70. The Hall–Kier alpha value is -2.18. The van der Waals surface area contributed by atoms with Crippen LogP contribution in [0.5, 0.6) is 5.75 Å². The number of nitrogens with zero attached hydrogens (tertiary/aromatic N) is 1. The Morgan fingerprint density at radius 3 is 2.77 bits per heavy atom. The second kappa shape index (κ2) is 7.20. The van der Waals surface area contributed by atoms with Crippen molar-refractivity contribution in [3.05, 3.63) is 35.5 Å². The third kappa shape index (κ3) is 3.52. The Labute approximate surface area is 130 Å². The second-order valence-corrected chi connectivity index (χ2v) is 5.29. The molecule has 0 aliphatic rings. The Morgan fingerprint density at radius 1 is 1.36 bits per heavy atom. The summed E-state index contributed by atoms with van der Waals surface area (Å²) in [6.07, 6.45) is 0. The molecule has 2 aromatic rings. The van der Waals surface area contributed by atoms with Crippen molar-refractivity contribution in [3.63, 3.8) is 0 Å². The van der Waals surface area contributed by atoms with Gasteiger partial charge in [-0.3, -0.25) is 10.1 Å². The monoisotopic (exact) mass is 302 g/mol. The molecule has 0 saturated heterocycles. The number of pyridine rings is 1. The summed E-state index contributed by atoms with van der Waals surface area (Å²) in [5.41, 5.74) is 7.35. The number of carbonyl (C=O) groups is 1. The lowest BCUT2D eigenvalue weighted by molar-refractivity contribution is 0.0940. The van der Waals surface area contributed by atoms with E-state index in [4.69, 9.17) is 10.5 Å². The van der Waals surface area contributed by atoms with Crippen LogP contribution in [-0.4, -0.2) is 30.3 Å². The summed E-state index contributed by atoms with van der Waals surface area (Å²) in [5, 5.41) is 6.56. The molecule has 0 atom stereocenters. The Morgan fingerprint density at radius 2 is 2.09 bits per heavy atom. The molecule has 0 unspecified atom stereocenters. The molecule has 0 saturated carbocycles. The maximum atomic E-state index is 12.6. The van der Waals surface area contributed by atoms with Gasteiger partial charge < -0.3 is 15.8 Å². The van der Waals surface area contributed by atoms with Gasteiger partial charge in [0.25, 0.3) is 5.91 Å². The van der Waals surface area contributed by atoms with E-state index in [9.17, 15) is 4.79 Å². The van der Waals surface area contributed by atoms with Gasteiger partial charge in [-0.25, -0.2) is 4.98 Å². The first kappa shape index (κ1) is 16.2. The van der Waals surface area contributed by atoms with Crippen molar-refractivity contribution in [3.8, 4) is 5.75 Å². The Bertz CT molecular complexity index is 670. The van der Waals surface area contributed by atoms with Gasteiger partial charge in [0.05, 0.1) is 16.8 Å². The third-order valence-corrected chi connectivity index (χ3v) is 3.13. The van der Waals surface area contributed by atoms with E-state index in [-0.39, 0.29) is 18.7 Å². The number of rotatable bonds is 6. The van der Waals surface area contributed by atoms with Gasteiger partial charge in [0.1, 0.15) is 6.73 Å². The SMILES string of the molecule is Cc1nc2ccccc2c(C(=O)NC(C)C)c1OCNCN. The van der Waals surface area contributed by atoms with Gasteiger partial charge in [-0.15, -0.1) is 0 Å². The van der Waals surface area contributed by atoms with Gasteiger partial charge in [0, 0.05) is 18.1 Å². The molecule has 4 N–H and O–H groups in total. The van der Waals surface area contributed by atoms with Crippen LogP contribution >= 0.6 is 0 Å². The number of ether oxygens (including phenoxy) is 1. The van der Waals surface area contributed by atoms with E-state index in [1.807, 2.05) is 45.0 Å². The highest BCUT2D eigenvalue weighted by molar-refractivity contribution is 6.08. The number of hydrogen-bond donors (Lipinski definition) is 3. The zero-order valence-electron chi connectivity index (χ0n) is 13.1. The van der Waals surface area contributed by atoms with E-state index < -0.39 is 0 Å². The van der Waals surface area contributed by atoms with Crippen LogP contribution in [0.1, 0.15) is 29.9 Å². The van der Waals surface area contributed by atoms with Crippen LogP contribution in [0.3, 0.4) is 0 Å². The number of hydrogen-bond acceptors (Lipinski definition) is 5. The average molecular weight is 302 g/mol. The molecule has 6 heteroatoms. The second-order valence-electron chi connectivity index (χ2n) is 5.29. The fourth-order valence-electron chi connectivity index (χ4n) is 2.24. The molecule has 2 rings (SSSR count). The number of carbonyl (C=O) groups excluding carboxylic acids is 1. The van der Waals surface area contributed by atoms with Gasteiger partial charge >= 0.3 is 0 Å². The number of benzene rings is 1. The molecular formula is C16H22N4O2. The van der Waals surface area contributed by atoms with Crippen LogP contribution in [0.15, 0.2) is 24.3 Å². The first-order chi connectivity index (χ1) is 10.5. The van der Waals surface area contributed by atoms with Gasteiger partial charge in [0.2, 0.25) is 0 Å². The average Bonchev–Trinajstić information content (AvgIpc) is 2.46. The third-order valence-electron chi connectivity index (χ3n) is 3.13. The van der Waals surface area contributed by atoms with E-state index in [0.29, 0.717) is 23.7 Å². The molecule has 1 aromatic carbocycles. The predicted molar refractivity (Wildman–Crippen MR) is 86.8 cm³/mol. The predicted octanol–water partition coefficient (Wildman–Crippen LogP) is 1.52. The Balaban J connectivity index is 2.54. The number of amides is 1. The van der Waals surface area contributed by atoms with E-state index in [2.05, 4.69) is 15.6 Å². The number of aromatic nitrogens is 1. The summed E-state index contributed by atoms with van der Waals surface area (Å²) >= 11 is 0. The maximum Gasteiger partial charge on any atom is 0.256 e. The largest absolute Gasteiger partial charge is 0.476 e. The lowest BCUT2D eigenvalue weighted by Gasteiger charge is -2.17. The first-order valence-electron chi connectivity index (χ1n) is 7.28. The molecule has 0 aliphatic heterocycles. The zero-order chi connectivity index (χ0) is 16.1. The smallest absolute Gasteiger partial charge is 0.256 e. The first-order valence-corrected chi connectivity index (χ1v) is 7.28. The van der Waals surface area contributed by atoms with Crippen LogP contribution < -0.4 is 21.1 Å². The van der Waals surface area contributed by atoms with Gasteiger partial charge in [-0.2, -0.15) is 0 Å². The standard InChI is InChI=1S/C16H22N4O2/c1-10(2)19-16(21)14-12-6-4-5-7-13(12)20-11(3)15(14)22-9-18-8-17/h4-7,10,18H,8-9,17H2,1-3H3,(H,19,21). The molecule has 0 aliphatic carbocycles. The minimum Gasteiger partial charge on any atom is -0.476 e. The van der Waals surface area contributed by atoms with Gasteiger partial charge in [-0.1, -0.05) is 18.2 Å². The molecule has 118 valence electrons. The lowest BCUT2D eigenvalue weighted by Crippen LogP contribution is -2.32. The highest BCUT2D eigenvalue weighted by atomic mass is 16.5. The molecule has 0 radical (unpaired) electrons.